The molecule has 0 saturated carbocycles. The van der Waals surface area contributed by atoms with Crippen molar-refractivity contribution in [3.63, 3.8) is 0 Å². The van der Waals surface area contributed by atoms with E-state index in [1.165, 1.54) is 4.68 Å². The Morgan fingerprint density at radius 1 is 1.04 bits per heavy atom. The number of carbonyl (C=O) groups excluding carboxylic acids is 1. The molecule has 0 unspecified atom stereocenters. The van der Waals surface area contributed by atoms with Crippen LogP contribution in [0.4, 0.5) is 11.5 Å². The lowest BCUT2D eigenvalue weighted by Crippen LogP contribution is -2.15. The summed E-state index contributed by atoms with van der Waals surface area (Å²) in [7, 11) is 0. The van der Waals surface area contributed by atoms with Gasteiger partial charge in [-0.3, -0.25) is 4.79 Å². The van der Waals surface area contributed by atoms with Gasteiger partial charge in [-0.1, -0.05) is 40.6 Å². The number of aryl methyl sites for hydroxylation is 3. The molecule has 1 aromatic heterocycles. The second kappa shape index (κ2) is 6.16. The van der Waals surface area contributed by atoms with Crippen LogP contribution in [-0.2, 0) is 0 Å². The van der Waals surface area contributed by atoms with E-state index < -0.39 is 0 Å². The van der Waals surface area contributed by atoms with E-state index in [9.17, 15) is 4.79 Å². The molecule has 122 valence electrons. The van der Waals surface area contributed by atoms with Gasteiger partial charge in [0.15, 0.2) is 11.5 Å². The molecule has 0 spiro atoms. The number of anilines is 2. The normalized spacial score (nSPS) is 10.6. The molecule has 1 amide bonds. The van der Waals surface area contributed by atoms with Crippen molar-refractivity contribution in [3.05, 3.63) is 64.8 Å². The third-order valence-electron chi connectivity index (χ3n) is 3.83. The fraction of sp³-hybridized carbons (Fsp3) is 0.167. The molecule has 6 heteroatoms. The second-order valence-electron chi connectivity index (χ2n) is 5.84. The summed E-state index contributed by atoms with van der Waals surface area (Å²) in [5.41, 5.74) is 10.9. The van der Waals surface area contributed by atoms with Crippen molar-refractivity contribution in [2.45, 2.75) is 20.8 Å². The summed E-state index contributed by atoms with van der Waals surface area (Å²) in [6, 6.07) is 13.5. The molecule has 3 rings (SSSR count). The zero-order valence-electron chi connectivity index (χ0n) is 13.9. The van der Waals surface area contributed by atoms with Gasteiger partial charge >= 0.3 is 0 Å². The molecule has 2 aromatic carbocycles. The molecule has 0 bridgehead atoms. The Balaban J connectivity index is 1.87. The molecule has 0 aliphatic rings. The van der Waals surface area contributed by atoms with E-state index >= 15 is 0 Å². The maximum absolute atomic E-state index is 12.5. The van der Waals surface area contributed by atoms with Crippen LogP contribution in [0.2, 0.25) is 0 Å². The highest BCUT2D eigenvalue weighted by atomic mass is 16.2. The number of hydrogen-bond acceptors (Lipinski definition) is 4. The summed E-state index contributed by atoms with van der Waals surface area (Å²) < 4.78 is 1.45. The molecule has 6 nitrogen and oxygen atoms in total. The number of benzene rings is 2. The van der Waals surface area contributed by atoms with Gasteiger partial charge in [0, 0.05) is 5.69 Å². The first kappa shape index (κ1) is 15.7. The Hall–Kier alpha value is -3.15. The van der Waals surface area contributed by atoms with Crippen LogP contribution in [0.15, 0.2) is 42.5 Å². The van der Waals surface area contributed by atoms with Gasteiger partial charge < -0.3 is 11.1 Å². The number of nitrogen functional groups attached to an aromatic ring is 1. The van der Waals surface area contributed by atoms with Crippen molar-refractivity contribution in [2.24, 2.45) is 0 Å². The number of carbonyl (C=O) groups is 1. The lowest BCUT2D eigenvalue weighted by molar-refractivity contribution is 0.102. The summed E-state index contributed by atoms with van der Waals surface area (Å²) in [5, 5.41) is 10.8. The van der Waals surface area contributed by atoms with Gasteiger partial charge in [0.2, 0.25) is 0 Å². The van der Waals surface area contributed by atoms with Crippen LogP contribution in [0.25, 0.3) is 5.69 Å². The van der Waals surface area contributed by atoms with Crippen LogP contribution in [-0.4, -0.2) is 20.9 Å². The summed E-state index contributed by atoms with van der Waals surface area (Å²) in [4.78, 5) is 12.5. The topological polar surface area (TPSA) is 85.8 Å². The van der Waals surface area contributed by atoms with E-state index in [2.05, 4.69) is 15.6 Å². The minimum Gasteiger partial charge on any atom is -0.382 e. The van der Waals surface area contributed by atoms with Crippen molar-refractivity contribution >= 4 is 17.4 Å². The monoisotopic (exact) mass is 321 g/mol. The molecule has 0 radical (unpaired) electrons. The Bertz CT molecular complexity index is 896. The average molecular weight is 321 g/mol. The molecule has 1 heterocycles. The predicted octanol–water partition coefficient (Wildman–Crippen LogP) is 3.03. The van der Waals surface area contributed by atoms with Gasteiger partial charge in [-0.25, -0.2) is 0 Å². The van der Waals surface area contributed by atoms with E-state index in [4.69, 9.17) is 5.73 Å². The van der Waals surface area contributed by atoms with E-state index in [0.29, 0.717) is 0 Å². The Labute approximate surface area is 140 Å². The Morgan fingerprint density at radius 2 is 1.71 bits per heavy atom. The van der Waals surface area contributed by atoms with Gasteiger partial charge in [-0.15, -0.1) is 5.10 Å². The fourth-order valence-electron chi connectivity index (χ4n) is 2.46. The maximum atomic E-state index is 12.5. The number of aromatic nitrogens is 3. The van der Waals surface area contributed by atoms with Crippen LogP contribution < -0.4 is 11.1 Å². The van der Waals surface area contributed by atoms with Crippen LogP contribution in [0.1, 0.15) is 27.2 Å². The number of nitrogens with two attached hydrogens (primary N) is 1. The number of amides is 1. The van der Waals surface area contributed by atoms with E-state index in [-0.39, 0.29) is 17.4 Å². The van der Waals surface area contributed by atoms with Gasteiger partial charge in [0.25, 0.3) is 5.91 Å². The molecule has 3 N–H and O–H groups in total. The quantitative estimate of drug-likeness (QED) is 0.776. The first-order valence-corrected chi connectivity index (χ1v) is 7.62. The number of nitrogens with zero attached hydrogens (tertiary/aromatic N) is 3. The van der Waals surface area contributed by atoms with Crippen molar-refractivity contribution < 1.29 is 4.79 Å². The maximum Gasteiger partial charge on any atom is 0.280 e. The van der Waals surface area contributed by atoms with Crippen molar-refractivity contribution in [1.82, 2.24) is 15.0 Å². The summed E-state index contributed by atoms with van der Waals surface area (Å²) in [6.07, 6.45) is 0. The molecule has 0 atom stereocenters. The lowest BCUT2D eigenvalue weighted by Gasteiger charge is -2.08. The Kier molecular flexibility index (Phi) is 4.04. The number of hydrogen-bond donors (Lipinski definition) is 2. The first-order chi connectivity index (χ1) is 11.5. The molecular formula is C18H19N5O. The van der Waals surface area contributed by atoms with E-state index in [1.54, 1.807) is 0 Å². The summed E-state index contributed by atoms with van der Waals surface area (Å²) in [5.74, 6) is -0.168. The van der Waals surface area contributed by atoms with Crippen LogP contribution >= 0.6 is 0 Å². The molecule has 0 saturated heterocycles. The molecule has 0 aliphatic carbocycles. The van der Waals surface area contributed by atoms with E-state index in [0.717, 1.165) is 28.1 Å². The third-order valence-corrected chi connectivity index (χ3v) is 3.83. The van der Waals surface area contributed by atoms with Gasteiger partial charge in [-0.2, -0.15) is 4.68 Å². The van der Waals surface area contributed by atoms with Gasteiger partial charge in [0.05, 0.1) is 5.69 Å². The zero-order valence-corrected chi connectivity index (χ0v) is 13.9. The summed E-state index contributed by atoms with van der Waals surface area (Å²) >= 11 is 0. The Morgan fingerprint density at radius 3 is 2.38 bits per heavy atom. The fourth-order valence-corrected chi connectivity index (χ4v) is 2.46. The van der Waals surface area contributed by atoms with Crippen LogP contribution in [0.3, 0.4) is 0 Å². The summed E-state index contributed by atoms with van der Waals surface area (Å²) in [6.45, 7) is 5.94. The van der Waals surface area contributed by atoms with E-state index in [1.807, 2.05) is 63.2 Å². The van der Waals surface area contributed by atoms with Gasteiger partial charge in [-0.05, 0) is 44.5 Å². The second-order valence-corrected chi connectivity index (χ2v) is 5.84. The highest BCUT2D eigenvalue weighted by Gasteiger charge is 2.19. The minimum absolute atomic E-state index is 0.107. The number of rotatable bonds is 3. The van der Waals surface area contributed by atoms with Gasteiger partial charge in [0.1, 0.15) is 0 Å². The SMILES string of the molecule is Cc1ccc(-n2nnc(C(=O)Nc3ccc(C)cc3C)c2N)cc1. The average Bonchev–Trinajstić information content (AvgIpc) is 2.92. The predicted molar refractivity (Wildman–Crippen MR) is 94.4 cm³/mol. The molecule has 3 aromatic rings. The zero-order chi connectivity index (χ0) is 17.3. The van der Waals surface area contributed by atoms with Crippen molar-refractivity contribution in [2.75, 3.05) is 11.1 Å². The number of nitrogens with one attached hydrogen (secondary N) is 1. The minimum atomic E-state index is -0.377. The van der Waals surface area contributed by atoms with Crippen molar-refractivity contribution in [1.29, 1.82) is 0 Å². The van der Waals surface area contributed by atoms with Crippen molar-refractivity contribution in [3.8, 4) is 5.69 Å². The van der Waals surface area contributed by atoms with Crippen LogP contribution in [0, 0.1) is 20.8 Å². The molecule has 0 aliphatic heterocycles. The highest BCUT2D eigenvalue weighted by Crippen LogP contribution is 2.19. The highest BCUT2D eigenvalue weighted by molar-refractivity contribution is 6.06. The lowest BCUT2D eigenvalue weighted by atomic mass is 10.1. The first-order valence-electron chi connectivity index (χ1n) is 7.62. The van der Waals surface area contributed by atoms with Crippen LogP contribution in [0.5, 0.6) is 0 Å². The molecule has 24 heavy (non-hydrogen) atoms. The third kappa shape index (κ3) is 2.99. The largest absolute Gasteiger partial charge is 0.382 e. The molecule has 0 fully saturated rings. The smallest absolute Gasteiger partial charge is 0.280 e. The standard InChI is InChI=1S/C18H19N5O/c1-11-4-7-14(8-5-11)23-17(19)16(21-22-23)18(24)20-15-9-6-12(2)10-13(15)3/h4-10H,19H2,1-3H3,(H,20,24). The molecular weight excluding hydrogens is 302 g/mol.